The number of anilines is 2. The number of imidazole rings is 1. The number of primary sulfonamides is 1. The van der Waals surface area contributed by atoms with Gasteiger partial charge in [-0.15, -0.1) is 0 Å². The summed E-state index contributed by atoms with van der Waals surface area (Å²) in [4.78, 5) is 35.7. The van der Waals surface area contributed by atoms with Crippen LogP contribution in [0.4, 0.5) is 24.9 Å². The minimum Gasteiger partial charge on any atom is -0.481 e. The molecule has 4 heterocycles. The van der Waals surface area contributed by atoms with Crippen molar-refractivity contribution in [1.82, 2.24) is 34.6 Å². The lowest BCUT2D eigenvalue weighted by molar-refractivity contribution is -0.141. The average molecular weight is 881 g/mol. The number of amides is 1. The number of carboxylic acid groups (broad SMARTS) is 1. The van der Waals surface area contributed by atoms with Crippen molar-refractivity contribution in [3.63, 3.8) is 0 Å². The number of carboxylic acids is 1. The number of aliphatic carboxylic acids is 1. The summed E-state index contributed by atoms with van der Waals surface area (Å²) in [5.74, 6) is -0.985. The first kappa shape index (κ1) is 45.1. The van der Waals surface area contributed by atoms with Crippen molar-refractivity contribution in [2.24, 2.45) is 5.14 Å². The highest BCUT2D eigenvalue weighted by atomic mass is 32.2. The minimum absolute atomic E-state index is 0.0905. The molecule has 1 saturated heterocycles. The number of nitrogens with zero attached hydrogens (tertiary/aromatic N) is 6. The van der Waals surface area contributed by atoms with Gasteiger partial charge >= 0.3 is 12.1 Å². The quantitative estimate of drug-likeness (QED) is 0.0877. The molecule has 62 heavy (non-hydrogen) atoms. The molecule has 1 amide bonds. The second-order valence-electron chi connectivity index (χ2n) is 14.2. The number of benzene rings is 3. The summed E-state index contributed by atoms with van der Waals surface area (Å²) in [5, 5.41) is 44.1. The Morgan fingerprint density at radius 1 is 0.935 bits per heavy atom. The molecule has 7 rings (SSSR count). The van der Waals surface area contributed by atoms with Crippen LogP contribution in [0.5, 0.6) is 0 Å². The third kappa shape index (κ3) is 10.5. The van der Waals surface area contributed by atoms with Crippen LogP contribution in [-0.2, 0) is 43.4 Å². The number of sulfonamides is 1. The molecule has 1 aliphatic heterocycles. The van der Waals surface area contributed by atoms with E-state index in [0.29, 0.717) is 37.0 Å². The molecule has 3 aromatic carbocycles. The van der Waals surface area contributed by atoms with Crippen LogP contribution in [0.25, 0.3) is 28.1 Å². The van der Waals surface area contributed by atoms with Crippen LogP contribution in [0, 0.1) is 6.92 Å². The summed E-state index contributed by atoms with van der Waals surface area (Å²) >= 11 is 0. The number of nitrogens with one attached hydrogen (secondary N) is 2. The fourth-order valence-electron chi connectivity index (χ4n) is 6.45. The van der Waals surface area contributed by atoms with Crippen molar-refractivity contribution in [3.05, 3.63) is 108 Å². The average Bonchev–Trinajstić information content (AvgIpc) is 3.94. The molecule has 22 heteroatoms. The highest BCUT2D eigenvalue weighted by Gasteiger charge is 2.47. The number of aliphatic hydroxyl groups is 2. The number of rotatable bonds is 13. The van der Waals surface area contributed by atoms with Gasteiger partial charge in [0.2, 0.25) is 16.0 Å². The molecule has 328 valence electrons. The normalized spacial score (nSPS) is 17.7. The summed E-state index contributed by atoms with van der Waals surface area (Å²) in [6, 6.07) is 20.8. The second kappa shape index (κ2) is 18.7. The number of aliphatic hydroxyl groups excluding tert-OH is 2. The Bertz CT molecular complexity index is 2640. The number of fused-ring (bicyclic) bond motifs is 1. The molecule has 1 fully saturated rings. The van der Waals surface area contributed by atoms with Gasteiger partial charge < -0.3 is 36.4 Å². The zero-order chi connectivity index (χ0) is 44.9. The number of hydrogen-bond acceptors (Lipinski definition) is 13. The molecular weight excluding hydrogens is 838 g/mol. The maximum absolute atomic E-state index is 13.1. The van der Waals surface area contributed by atoms with E-state index in [-0.39, 0.29) is 40.1 Å². The monoisotopic (exact) mass is 880 g/mol. The Labute approximate surface area is 352 Å². The van der Waals surface area contributed by atoms with Gasteiger partial charge in [-0.2, -0.15) is 28.2 Å². The van der Waals surface area contributed by atoms with Crippen molar-refractivity contribution >= 4 is 44.8 Å². The van der Waals surface area contributed by atoms with Gasteiger partial charge in [0.05, 0.1) is 22.6 Å². The van der Waals surface area contributed by atoms with Crippen LogP contribution < -0.4 is 21.5 Å². The molecule has 0 unspecified atom stereocenters. The Morgan fingerprint density at radius 2 is 1.58 bits per heavy atom. The molecule has 6 aromatic rings. The first-order chi connectivity index (χ1) is 29.3. The third-order valence-electron chi connectivity index (χ3n) is 9.67. The van der Waals surface area contributed by atoms with E-state index >= 15 is 0 Å². The number of ether oxygens (including phenoxy) is 1. The molecule has 18 nitrogen and oxygen atoms in total. The number of likely N-dealkylation sites (N-methyl/N-ethyl adjacent to an activating group) is 1. The fraction of sp³-hybridized carbons (Fsp3) is 0.300. The number of nitrogen functional groups attached to an aromatic ring is 1. The Kier molecular flexibility index (Phi) is 13.6. The van der Waals surface area contributed by atoms with Gasteiger partial charge in [0.1, 0.15) is 17.7 Å². The molecule has 4 atom stereocenters. The zero-order valence-electron chi connectivity index (χ0n) is 33.2. The lowest BCUT2D eigenvalue weighted by atomic mass is 10.1. The smallest absolute Gasteiger partial charge is 0.435 e. The molecule has 0 bridgehead atoms. The van der Waals surface area contributed by atoms with Crippen molar-refractivity contribution < 1.29 is 51.2 Å². The highest BCUT2D eigenvalue weighted by Crippen LogP contribution is 2.34. The van der Waals surface area contributed by atoms with Crippen molar-refractivity contribution in [1.29, 1.82) is 0 Å². The number of aryl methyl sites for hydroxylation is 2. The highest BCUT2D eigenvalue weighted by molar-refractivity contribution is 7.89. The Hall–Kier alpha value is -6.46. The summed E-state index contributed by atoms with van der Waals surface area (Å²) < 4.78 is 70.3. The van der Waals surface area contributed by atoms with Gasteiger partial charge in [-0.1, -0.05) is 54.1 Å². The molecule has 0 spiro atoms. The van der Waals surface area contributed by atoms with Crippen molar-refractivity contribution in [2.45, 2.75) is 68.7 Å². The summed E-state index contributed by atoms with van der Waals surface area (Å²) in [6.07, 6.45) is -7.16. The Balaban J connectivity index is 0.000000218. The lowest BCUT2D eigenvalue weighted by Crippen LogP contribution is -2.42. The van der Waals surface area contributed by atoms with Gasteiger partial charge in [-0.05, 0) is 68.1 Å². The minimum atomic E-state index is -4.61. The molecule has 1 aliphatic rings. The van der Waals surface area contributed by atoms with E-state index in [1.807, 2.05) is 31.2 Å². The predicted molar refractivity (Wildman–Crippen MR) is 219 cm³/mol. The number of nitrogens with two attached hydrogens (primary N) is 2. The molecular formula is C40H43F3N10O8S. The lowest BCUT2D eigenvalue weighted by Gasteiger charge is -2.16. The van der Waals surface area contributed by atoms with Crippen LogP contribution in [0.2, 0.25) is 0 Å². The molecule has 0 aliphatic carbocycles. The van der Waals surface area contributed by atoms with Crippen LogP contribution in [-0.4, -0.2) is 96.3 Å². The number of alkyl halides is 3. The van der Waals surface area contributed by atoms with E-state index in [1.165, 1.54) is 35.2 Å². The van der Waals surface area contributed by atoms with Crippen LogP contribution in [0.1, 0.15) is 42.0 Å². The number of carbonyl (C=O) groups excluding carboxylic acids is 1. The zero-order valence-corrected chi connectivity index (χ0v) is 34.0. The van der Waals surface area contributed by atoms with Gasteiger partial charge in [0.25, 0.3) is 5.91 Å². The van der Waals surface area contributed by atoms with Crippen LogP contribution in [0.15, 0.2) is 90.1 Å². The van der Waals surface area contributed by atoms with Crippen molar-refractivity contribution in [3.8, 4) is 16.9 Å². The third-order valence-corrected chi connectivity index (χ3v) is 10.6. The molecule has 0 radical (unpaired) electrons. The molecule has 0 saturated carbocycles. The van der Waals surface area contributed by atoms with E-state index in [0.717, 1.165) is 27.4 Å². The Morgan fingerprint density at radius 3 is 2.18 bits per heavy atom. The summed E-state index contributed by atoms with van der Waals surface area (Å²) in [7, 11) is -3.90. The largest absolute Gasteiger partial charge is 0.481 e. The fourth-order valence-corrected chi connectivity index (χ4v) is 6.97. The van der Waals surface area contributed by atoms with Gasteiger partial charge in [-0.3, -0.25) is 14.2 Å². The number of aromatic nitrogens is 6. The van der Waals surface area contributed by atoms with Crippen LogP contribution in [0.3, 0.4) is 0 Å². The topological polar surface area (TPSA) is 276 Å². The van der Waals surface area contributed by atoms with Crippen molar-refractivity contribution in [2.75, 3.05) is 24.1 Å². The van der Waals surface area contributed by atoms with E-state index in [4.69, 9.17) is 20.7 Å². The second-order valence-corrected chi connectivity index (χ2v) is 15.8. The maximum atomic E-state index is 13.1. The number of halogens is 3. The predicted octanol–water partition coefficient (Wildman–Crippen LogP) is 3.35. The number of carbonyl (C=O) groups is 2. The van der Waals surface area contributed by atoms with E-state index in [2.05, 4.69) is 30.7 Å². The first-order valence-electron chi connectivity index (χ1n) is 19.0. The summed E-state index contributed by atoms with van der Waals surface area (Å²) in [6.45, 7) is 4.46. The van der Waals surface area contributed by atoms with E-state index in [9.17, 15) is 41.4 Å². The molecule has 9 N–H and O–H groups in total. The number of hydrogen-bond donors (Lipinski definition) is 7. The van der Waals surface area contributed by atoms with E-state index in [1.54, 1.807) is 31.2 Å². The standard InChI is InChI=1S/C23H29N7O6.C17H14F3N3O2S/c1-2-25-21(35)18-16(33)17(34)22(36-18)30-11-27-15-19(24)28-23(29-20(15)30)26-10-9-13-5-3-12(4-6-13)7-8-14(31)32;1-11-2-4-12(5-3-11)15-10-16(17(18,19)20)22-23(15)13-6-8-14(9-7-13)26(21,24)25/h3-6,11,16-18,22,33-34H,2,7-10H2,1H3,(H,25,35)(H,31,32)(H3,24,26,28,29);2-10H,1H3,(H2,21,24,25)/t16-,17+,18-,22+;/m0./s1. The van der Waals surface area contributed by atoms with Crippen LogP contribution >= 0.6 is 0 Å². The summed E-state index contributed by atoms with van der Waals surface area (Å²) in [5.41, 5.74) is 9.65. The SMILES string of the molecule is CCNC(=O)[C@H]1O[C@@H](n2cnc3c(N)nc(NCCc4ccc(CCC(=O)O)cc4)nc32)[C@H](O)[C@@H]1O.Cc1ccc(-c2cc(C(F)(F)F)nn2-c2ccc(S(N)(=O)=O)cc2)cc1. The van der Waals surface area contributed by atoms with E-state index < -0.39 is 58.3 Å². The maximum Gasteiger partial charge on any atom is 0.435 e. The van der Waals surface area contributed by atoms with Gasteiger partial charge in [0.15, 0.2) is 29.5 Å². The molecule has 3 aromatic heterocycles. The van der Waals surface area contributed by atoms with Gasteiger partial charge in [-0.25, -0.2) is 23.2 Å². The first-order valence-corrected chi connectivity index (χ1v) is 20.6. The van der Waals surface area contributed by atoms with Gasteiger partial charge in [0, 0.05) is 25.1 Å².